The number of benzene rings is 2. The van der Waals surface area contributed by atoms with Gasteiger partial charge in [-0.15, -0.1) is 11.3 Å². The summed E-state index contributed by atoms with van der Waals surface area (Å²) in [6, 6.07) is 7.06. The monoisotopic (exact) mass is 430 g/mol. The second-order valence-corrected chi connectivity index (χ2v) is 7.61. The summed E-state index contributed by atoms with van der Waals surface area (Å²) in [4.78, 5) is 23.9. The van der Waals surface area contributed by atoms with Crippen LogP contribution in [0.1, 0.15) is 16.6 Å². The number of amides is 2. The molecule has 4 nitrogen and oxygen atoms in total. The van der Waals surface area contributed by atoms with Gasteiger partial charge in [-0.25, -0.2) is 4.39 Å². The van der Waals surface area contributed by atoms with E-state index in [0.717, 1.165) is 17.4 Å². The second kappa shape index (κ2) is 7.40. The summed E-state index contributed by atoms with van der Waals surface area (Å²) in [5, 5.41) is 6.53. The summed E-state index contributed by atoms with van der Waals surface area (Å²) in [5.74, 6) is -1.52. The minimum atomic E-state index is -0.612. The molecular weight excluding hydrogens is 422 g/mol. The summed E-state index contributed by atoms with van der Waals surface area (Å²) < 4.78 is 14.4. The van der Waals surface area contributed by atoms with Crippen molar-refractivity contribution in [1.82, 2.24) is 0 Å². The van der Waals surface area contributed by atoms with Crippen molar-refractivity contribution in [2.75, 3.05) is 10.6 Å². The van der Waals surface area contributed by atoms with E-state index in [1.807, 2.05) is 0 Å². The number of thiophene rings is 1. The summed E-state index contributed by atoms with van der Waals surface area (Å²) in [5.41, 5.74) is 0.269. The molecule has 2 N–H and O–H groups in total. The molecule has 26 heavy (non-hydrogen) atoms. The summed E-state index contributed by atoms with van der Waals surface area (Å²) in [7, 11) is 0. The van der Waals surface area contributed by atoms with Crippen molar-refractivity contribution in [3.8, 4) is 0 Å². The molecule has 0 saturated carbocycles. The van der Waals surface area contributed by atoms with E-state index >= 15 is 0 Å². The number of halogens is 4. The van der Waals surface area contributed by atoms with Crippen LogP contribution in [0.2, 0.25) is 15.1 Å². The number of anilines is 2. The Morgan fingerprint density at radius 2 is 1.81 bits per heavy atom. The third-order valence-corrected chi connectivity index (χ3v) is 5.53. The van der Waals surface area contributed by atoms with Crippen LogP contribution in [-0.2, 0) is 4.79 Å². The molecule has 3 rings (SSSR count). The zero-order valence-electron chi connectivity index (χ0n) is 13.1. The Morgan fingerprint density at radius 3 is 2.50 bits per heavy atom. The molecule has 0 unspecified atom stereocenters. The number of hydrogen-bond donors (Lipinski definition) is 2. The van der Waals surface area contributed by atoms with Crippen LogP contribution in [0.15, 0.2) is 30.3 Å². The lowest BCUT2D eigenvalue weighted by Crippen LogP contribution is -2.12. The zero-order valence-corrected chi connectivity index (χ0v) is 16.2. The smallest absolute Gasteiger partial charge is 0.267 e. The fraction of sp³-hybridized carbons (Fsp3) is 0.0588. The number of nitrogens with one attached hydrogen (secondary N) is 2. The lowest BCUT2D eigenvalue weighted by atomic mass is 10.2. The van der Waals surface area contributed by atoms with Gasteiger partial charge in [0.25, 0.3) is 5.91 Å². The van der Waals surface area contributed by atoms with Gasteiger partial charge in [0.1, 0.15) is 10.7 Å². The largest absolute Gasteiger partial charge is 0.324 e. The highest BCUT2D eigenvalue weighted by Crippen LogP contribution is 2.41. The van der Waals surface area contributed by atoms with Gasteiger partial charge in [0.15, 0.2) is 0 Å². The average Bonchev–Trinajstić information content (AvgIpc) is 2.87. The van der Waals surface area contributed by atoms with Crippen molar-refractivity contribution in [1.29, 1.82) is 0 Å². The van der Waals surface area contributed by atoms with E-state index in [4.69, 9.17) is 34.8 Å². The van der Waals surface area contributed by atoms with Gasteiger partial charge in [-0.05, 0) is 30.3 Å². The van der Waals surface area contributed by atoms with Crippen LogP contribution in [0.4, 0.5) is 15.8 Å². The molecule has 0 spiro atoms. The Bertz CT molecular complexity index is 1050. The maximum absolute atomic E-state index is 13.7. The van der Waals surface area contributed by atoms with Gasteiger partial charge in [-0.3, -0.25) is 9.59 Å². The molecule has 0 bridgehead atoms. The zero-order chi connectivity index (χ0) is 19.0. The molecule has 0 saturated heterocycles. The highest BCUT2D eigenvalue weighted by atomic mass is 35.5. The Hall–Kier alpha value is -1.86. The fourth-order valence-corrected chi connectivity index (χ4v) is 4.61. The first-order valence-electron chi connectivity index (χ1n) is 7.22. The normalized spacial score (nSPS) is 10.8. The Labute approximate surface area is 166 Å². The fourth-order valence-electron chi connectivity index (χ4n) is 2.33. The molecular formula is C17H10Cl3FN2O2S. The van der Waals surface area contributed by atoms with E-state index in [2.05, 4.69) is 10.6 Å². The van der Waals surface area contributed by atoms with Crippen LogP contribution in [0, 0.1) is 5.82 Å². The van der Waals surface area contributed by atoms with E-state index in [1.54, 1.807) is 12.1 Å². The molecule has 3 aromatic rings. The molecule has 9 heteroatoms. The third-order valence-electron chi connectivity index (χ3n) is 3.39. The first-order chi connectivity index (χ1) is 12.3. The van der Waals surface area contributed by atoms with Crippen molar-refractivity contribution < 1.29 is 14.0 Å². The molecule has 0 aliphatic rings. The highest BCUT2D eigenvalue weighted by molar-refractivity contribution is 7.21. The molecule has 2 aromatic carbocycles. The van der Waals surface area contributed by atoms with Crippen LogP contribution in [0.25, 0.3) is 10.1 Å². The summed E-state index contributed by atoms with van der Waals surface area (Å²) in [6.45, 7) is 1.26. The highest BCUT2D eigenvalue weighted by Gasteiger charge is 2.20. The van der Waals surface area contributed by atoms with Crippen molar-refractivity contribution >= 4 is 79.4 Å². The number of carbonyl (C=O) groups excluding carboxylic acids is 2. The van der Waals surface area contributed by atoms with Crippen LogP contribution >= 0.6 is 46.1 Å². The molecule has 1 aromatic heterocycles. The topological polar surface area (TPSA) is 58.2 Å². The predicted molar refractivity (Wildman–Crippen MR) is 106 cm³/mol. The standard InChI is InChI=1S/C17H10Cl3FN2O2S/c1-7(24)22-12-6-9(2-3-11(12)21)23-17(25)16-15(20)14-10(19)4-8(18)5-13(14)26-16/h2-6H,1H3,(H,22,24)(H,23,25). The average molecular weight is 432 g/mol. The van der Waals surface area contributed by atoms with Crippen molar-refractivity contribution in [2.45, 2.75) is 6.92 Å². The van der Waals surface area contributed by atoms with Gasteiger partial charge < -0.3 is 10.6 Å². The molecule has 134 valence electrons. The lowest BCUT2D eigenvalue weighted by molar-refractivity contribution is -0.114. The van der Waals surface area contributed by atoms with Crippen LogP contribution in [-0.4, -0.2) is 11.8 Å². The van der Waals surface area contributed by atoms with Crippen LogP contribution < -0.4 is 10.6 Å². The van der Waals surface area contributed by atoms with E-state index in [1.165, 1.54) is 19.1 Å². The molecule has 0 atom stereocenters. The van der Waals surface area contributed by atoms with Crippen LogP contribution in [0.3, 0.4) is 0 Å². The van der Waals surface area contributed by atoms with Crippen molar-refractivity contribution in [3.63, 3.8) is 0 Å². The van der Waals surface area contributed by atoms with Gasteiger partial charge in [-0.1, -0.05) is 34.8 Å². The Balaban J connectivity index is 1.94. The number of fused-ring (bicyclic) bond motifs is 1. The van der Waals surface area contributed by atoms with Gasteiger partial charge in [-0.2, -0.15) is 0 Å². The van der Waals surface area contributed by atoms with Gasteiger partial charge in [0, 0.05) is 27.7 Å². The van der Waals surface area contributed by atoms with E-state index in [0.29, 0.717) is 25.8 Å². The van der Waals surface area contributed by atoms with Crippen molar-refractivity contribution in [3.05, 3.63) is 56.1 Å². The van der Waals surface area contributed by atoms with E-state index in [-0.39, 0.29) is 15.6 Å². The molecule has 2 amide bonds. The number of carbonyl (C=O) groups is 2. The molecule has 0 radical (unpaired) electrons. The first-order valence-corrected chi connectivity index (χ1v) is 9.17. The van der Waals surface area contributed by atoms with Gasteiger partial charge in [0.2, 0.25) is 5.91 Å². The quantitative estimate of drug-likeness (QED) is 0.518. The minimum absolute atomic E-state index is 0.0347. The van der Waals surface area contributed by atoms with Gasteiger partial charge >= 0.3 is 0 Å². The maximum Gasteiger partial charge on any atom is 0.267 e. The molecule has 1 heterocycles. The number of hydrogen-bond acceptors (Lipinski definition) is 3. The maximum atomic E-state index is 13.7. The lowest BCUT2D eigenvalue weighted by Gasteiger charge is -2.08. The predicted octanol–water partition coefficient (Wildman–Crippen LogP) is 6.21. The summed E-state index contributed by atoms with van der Waals surface area (Å²) in [6.07, 6.45) is 0. The molecule has 0 fully saturated rings. The minimum Gasteiger partial charge on any atom is -0.324 e. The van der Waals surface area contributed by atoms with Gasteiger partial charge in [0.05, 0.1) is 15.7 Å². The van der Waals surface area contributed by atoms with E-state index in [9.17, 15) is 14.0 Å². The molecule has 0 aliphatic heterocycles. The van der Waals surface area contributed by atoms with Crippen molar-refractivity contribution in [2.24, 2.45) is 0 Å². The Morgan fingerprint density at radius 1 is 1.08 bits per heavy atom. The van der Waals surface area contributed by atoms with Crippen LogP contribution in [0.5, 0.6) is 0 Å². The third kappa shape index (κ3) is 3.78. The van der Waals surface area contributed by atoms with E-state index < -0.39 is 17.6 Å². The molecule has 0 aliphatic carbocycles. The summed E-state index contributed by atoms with van der Waals surface area (Å²) >= 11 is 19.6. The Kier molecular flexibility index (Phi) is 5.39. The second-order valence-electron chi connectivity index (χ2n) is 5.34. The number of rotatable bonds is 3. The SMILES string of the molecule is CC(=O)Nc1cc(NC(=O)c2sc3cc(Cl)cc(Cl)c3c2Cl)ccc1F. The first kappa shape index (κ1) is 18.9.